The molecule has 1 saturated heterocycles. The molecule has 1 aromatic rings. The quantitative estimate of drug-likeness (QED) is 0.872. The Balaban J connectivity index is 1.69. The number of ether oxygens (including phenoxy) is 1. The van der Waals surface area contributed by atoms with Gasteiger partial charge in [0.05, 0.1) is 12.0 Å². The Morgan fingerprint density at radius 1 is 1.25 bits per heavy atom. The summed E-state index contributed by atoms with van der Waals surface area (Å²) in [6, 6.07) is 9.95. The number of aliphatic hydroxyl groups is 1. The van der Waals surface area contributed by atoms with Crippen molar-refractivity contribution < 1.29 is 14.6 Å². The van der Waals surface area contributed by atoms with Crippen LogP contribution in [0.1, 0.15) is 31.2 Å². The highest BCUT2D eigenvalue weighted by atomic mass is 16.5. The Labute approximate surface area is 119 Å². The predicted octanol–water partition coefficient (Wildman–Crippen LogP) is 1.38. The van der Waals surface area contributed by atoms with E-state index >= 15 is 0 Å². The Bertz CT molecular complexity index is 476. The first-order valence-electron chi connectivity index (χ1n) is 7.29. The van der Waals surface area contributed by atoms with Crippen molar-refractivity contribution in [3.05, 3.63) is 35.9 Å². The van der Waals surface area contributed by atoms with E-state index in [0.29, 0.717) is 19.6 Å². The van der Waals surface area contributed by atoms with Gasteiger partial charge in [0.1, 0.15) is 5.60 Å². The van der Waals surface area contributed by atoms with E-state index in [9.17, 15) is 9.90 Å². The monoisotopic (exact) mass is 275 g/mol. The molecule has 1 aliphatic carbocycles. The van der Waals surface area contributed by atoms with E-state index in [1.165, 1.54) is 0 Å². The minimum Gasteiger partial charge on any atom is -0.386 e. The third-order valence-corrected chi connectivity index (χ3v) is 4.63. The van der Waals surface area contributed by atoms with Crippen molar-refractivity contribution in [2.75, 3.05) is 19.8 Å². The fourth-order valence-corrected chi connectivity index (χ4v) is 3.08. The van der Waals surface area contributed by atoms with Gasteiger partial charge in [0, 0.05) is 19.6 Å². The topological polar surface area (TPSA) is 58.6 Å². The van der Waals surface area contributed by atoms with Crippen LogP contribution < -0.4 is 5.32 Å². The van der Waals surface area contributed by atoms with E-state index in [4.69, 9.17) is 4.74 Å². The minimum absolute atomic E-state index is 0.0373. The van der Waals surface area contributed by atoms with E-state index in [-0.39, 0.29) is 12.5 Å². The van der Waals surface area contributed by atoms with E-state index in [1.807, 2.05) is 30.3 Å². The Morgan fingerprint density at radius 2 is 2.00 bits per heavy atom. The van der Waals surface area contributed by atoms with Gasteiger partial charge in [-0.1, -0.05) is 36.8 Å². The van der Waals surface area contributed by atoms with Gasteiger partial charge in [-0.3, -0.25) is 4.79 Å². The summed E-state index contributed by atoms with van der Waals surface area (Å²) < 4.78 is 5.20. The number of carbonyl (C=O) groups is 1. The van der Waals surface area contributed by atoms with Gasteiger partial charge in [-0.25, -0.2) is 0 Å². The molecule has 1 amide bonds. The maximum Gasteiger partial charge on any atom is 0.230 e. The van der Waals surface area contributed by atoms with Crippen LogP contribution in [0.15, 0.2) is 30.3 Å². The van der Waals surface area contributed by atoms with Crippen LogP contribution >= 0.6 is 0 Å². The van der Waals surface area contributed by atoms with Gasteiger partial charge in [0.25, 0.3) is 0 Å². The van der Waals surface area contributed by atoms with Crippen molar-refractivity contribution >= 4 is 5.91 Å². The number of hydrogen-bond acceptors (Lipinski definition) is 3. The van der Waals surface area contributed by atoms with Gasteiger partial charge in [-0.05, 0) is 18.4 Å². The molecule has 1 unspecified atom stereocenters. The second-order valence-electron chi connectivity index (χ2n) is 6.01. The molecule has 0 radical (unpaired) electrons. The Morgan fingerprint density at radius 3 is 2.55 bits per heavy atom. The number of hydrogen-bond donors (Lipinski definition) is 2. The van der Waals surface area contributed by atoms with Gasteiger partial charge in [-0.15, -0.1) is 0 Å². The molecule has 4 heteroatoms. The number of rotatable bonds is 4. The number of amides is 1. The summed E-state index contributed by atoms with van der Waals surface area (Å²) >= 11 is 0. The highest BCUT2D eigenvalue weighted by Crippen LogP contribution is 2.43. The summed E-state index contributed by atoms with van der Waals surface area (Å²) in [5, 5.41) is 13.2. The summed E-state index contributed by atoms with van der Waals surface area (Å²) in [7, 11) is 0. The van der Waals surface area contributed by atoms with Crippen LogP contribution in [-0.2, 0) is 14.9 Å². The number of carbonyl (C=O) groups excluding carboxylic acids is 1. The van der Waals surface area contributed by atoms with E-state index in [0.717, 1.165) is 24.8 Å². The normalized spacial score (nSPS) is 27.9. The van der Waals surface area contributed by atoms with Crippen LogP contribution in [0.25, 0.3) is 0 Å². The lowest BCUT2D eigenvalue weighted by molar-refractivity contribution is -0.131. The molecule has 1 aromatic carbocycles. The van der Waals surface area contributed by atoms with Crippen molar-refractivity contribution in [2.24, 2.45) is 0 Å². The van der Waals surface area contributed by atoms with Crippen LogP contribution in [0.2, 0.25) is 0 Å². The number of benzene rings is 1. The van der Waals surface area contributed by atoms with Crippen LogP contribution in [0.5, 0.6) is 0 Å². The first-order chi connectivity index (χ1) is 9.65. The average Bonchev–Trinajstić information content (AvgIpc) is 2.84. The SMILES string of the molecule is O=C(NCC1(O)CCOC1)C1(c2ccccc2)CCC1. The van der Waals surface area contributed by atoms with Crippen molar-refractivity contribution in [1.29, 1.82) is 0 Å². The zero-order valence-electron chi connectivity index (χ0n) is 11.6. The van der Waals surface area contributed by atoms with E-state index in [1.54, 1.807) is 0 Å². The second-order valence-corrected chi connectivity index (χ2v) is 6.01. The standard InChI is InChI=1S/C16H21NO3/c18-14(17-11-15(19)9-10-20-12-15)16(7-4-8-16)13-5-2-1-3-6-13/h1-3,5-6,19H,4,7-12H2,(H,17,18). The van der Waals surface area contributed by atoms with Crippen LogP contribution in [-0.4, -0.2) is 36.4 Å². The summed E-state index contributed by atoms with van der Waals surface area (Å²) in [6.07, 6.45) is 3.44. The highest BCUT2D eigenvalue weighted by molar-refractivity contribution is 5.89. The van der Waals surface area contributed by atoms with Crippen LogP contribution in [0.3, 0.4) is 0 Å². The third-order valence-electron chi connectivity index (χ3n) is 4.63. The summed E-state index contributed by atoms with van der Waals surface area (Å²) in [5.41, 5.74) is -0.202. The summed E-state index contributed by atoms with van der Waals surface area (Å²) in [4.78, 5) is 12.6. The molecule has 1 saturated carbocycles. The molecule has 108 valence electrons. The zero-order chi connectivity index (χ0) is 14.1. The lowest BCUT2D eigenvalue weighted by Crippen LogP contribution is -2.53. The zero-order valence-corrected chi connectivity index (χ0v) is 11.6. The van der Waals surface area contributed by atoms with Gasteiger partial charge in [0.15, 0.2) is 0 Å². The maximum atomic E-state index is 12.6. The van der Waals surface area contributed by atoms with Crippen LogP contribution in [0, 0.1) is 0 Å². The molecule has 1 aliphatic heterocycles. The average molecular weight is 275 g/mol. The second kappa shape index (κ2) is 5.19. The molecular weight excluding hydrogens is 254 g/mol. The van der Waals surface area contributed by atoms with Gasteiger partial charge < -0.3 is 15.2 Å². The van der Waals surface area contributed by atoms with Gasteiger partial charge >= 0.3 is 0 Å². The molecule has 0 spiro atoms. The molecule has 1 atom stereocenters. The largest absolute Gasteiger partial charge is 0.386 e. The van der Waals surface area contributed by atoms with Crippen molar-refractivity contribution in [3.8, 4) is 0 Å². The molecule has 0 bridgehead atoms. The van der Waals surface area contributed by atoms with E-state index in [2.05, 4.69) is 5.32 Å². The van der Waals surface area contributed by atoms with Crippen molar-refractivity contribution in [1.82, 2.24) is 5.32 Å². The summed E-state index contributed by atoms with van der Waals surface area (Å²) in [5.74, 6) is 0.0373. The molecular formula is C16H21NO3. The molecule has 20 heavy (non-hydrogen) atoms. The molecule has 1 heterocycles. The number of nitrogens with one attached hydrogen (secondary N) is 1. The third kappa shape index (κ3) is 2.34. The molecule has 2 fully saturated rings. The van der Waals surface area contributed by atoms with Crippen LogP contribution in [0.4, 0.5) is 0 Å². The smallest absolute Gasteiger partial charge is 0.230 e. The molecule has 4 nitrogen and oxygen atoms in total. The lowest BCUT2D eigenvalue weighted by atomic mass is 9.64. The maximum absolute atomic E-state index is 12.6. The fraction of sp³-hybridized carbons (Fsp3) is 0.562. The summed E-state index contributed by atoms with van der Waals surface area (Å²) in [6.45, 7) is 1.15. The minimum atomic E-state index is -0.892. The van der Waals surface area contributed by atoms with Gasteiger partial charge in [0.2, 0.25) is 5.91 Å². The molecule has 2 aliphatic rings. The first-order valence-corrected chi connectivity index (χ1v) is 7.29. The van der Waals surface area contributed by atoms with E-state index < -0.39 is 11.0 Å². The van der Waals surface area contributed by atoms with Crippen molar-refractivity contribution in [2.45, 2.75) is 36.7 Å². The molecule has 2 N–H and O–H groups in total. The lowest BCUT2D eigenvalue weighted by Gasteiger charge is -2.41. The van der Waals surface area contributed by atoms with Gasteiger partial charge in [-0.2, -0.15) is 0 Å². The first kappa shape index (κ1) is 13.6. The van der Waals surface area contributed by atoms with Crippen molar-refractivity contribution in [3.63, 3.8) is 0 Å². The highest BCUT2D eigenvalue weighted by Gasteiger charge is 2.46. The molecule has 0 aromatic heterocycles. The Kier molecular flexibility index (Phi) is 3.52. The Hall–Kier alpha value is -1.39. The predicted molar refractivity (Wildman–Crippen MR) is 75.4 cm³/mol. The molecule has 3 rings (SSSR count). The fourth-order valence-electron chi connectivity index (χ4n) is 3.08.